The Bertz CT molecular complexity index is 1310. The maximum Gasteiger partial charge on any atom is 0.363 e. The number of hydrogen-bond donors (Lipinski definition) is 0. The lowest BCUT2D eigenvalue weighted by Crippen LogP contribution is -2.06. The normalized spacial score (nSPS) is 14.3. The zero-order valence-electron chi connectivity index (χ0n) is 17.1. The highest BCUT2D eigenvalue weighted by atomic mass is 127. The first-order chi connectivity index (χ1) is 15.8. The molecule has 0 saturated carbocycles. The van der Waals surface area contributed by atoms with Gasteiger partial charge in [-0.15, -0.1) is 0 Å². The van der Waals surface area contributed by atoms with E-state index in [-0.39, 0.29) is 11.6 Å². The summed E-state index contributed by atoms with van der Waals surface area (Å²) in [5.74, 6) is 0.653. The van der Waals surface area contributed by atoms with Gasteiger partial charge in [0.15, 0.2) is 17.2 Å². The zero-order valence-corrected chi connectivity index (χ0v) is 21.5. The number of benzene rings is 3. The molecule has 0 fully saturated rings. The molecule has 0 aromatic heterocycles. The second-order valence-corrected chi connectivity index (χ2v) is 9.36. The van der Waals surface area contributed by atoms with E-state index in [9.17, 15) is 4.79 Å². The number of nitrogens with zero attached hydrogens (tertiary/aromatic N) is 1. The van der Waals surface area contributed by atoms with Crippen molar-refractivity contribution in [1.82, 2.24) is 0 Å². The topological polar surface area (TPSA) is 57.1 Å². The predicted molar refractivity (Wildman–Crippen MR) is 139 cm³/mol. The molecule has 0 unspecified atom stereocenters. The summed E-state index contributed by atoms with van der Waals surface area (Å²) >= 11 is 20.3. The molecule has 0 N–H and O–H groups in total. The minimum absolute atomic E-state index is 0.121. The molecule has 3 aromatic carbocycles. The van der Waals surface area contributed by atoms with Gasteiger partial charge in [0.25, 0.3) is 0 Å². The third kappa shape index (κ3) is 5.63. The average molecular weight is 615 g/mol. The highest BCUT2D eigenvalue weighted by molar-refractivity contribution is 14.1. The summed E-state index contributed by atoms with van der Waals surface area (Å²) in [4.78, 5) is 16.7. The average Bonchev–Trinajstić information content (AvgIpc) is 3.12. The Morgan fingerprint density at radius 1 is 1.06 bits per heavy atom. The van der Waals surface area contributed by atoms with Gasteiger partial charge in [-0.25, -0.2) is 9.79 Å². The Hall–Kier alpha value is -2.26. The SMILES string of the molecule is COc1cc(/C=C2\N=C(c3ccc(Cl)cc3Cl)OC2=O)cc(I)c1OCc1cccc(Cl)c1. The van der Waals surface area contributed by atoms with Gasteiger partial charge in [-0.2, -0.15) is 0 Å². The number of rotatable bonds is 6. The van der Waals surface area contributed by atoms with Gasteiger partial charge in [0, 0.05) is 10.0 Å². The lowest BCUT2D eigenvalue weighted by molar-refractivity contribution is -0.129. The van der Waals surface area contributed by atoms with Crippen molar-refractivity contribution in [2.45, 2.75) is 6.61 Å². The van der Waals surface area contributed by atoms with Crippen LogP contribution in [0.15, 0.2) is 65.3 Å². The van der Waals surface area contributed by atoms with Crippen LogP contribution in [0.5, 0.6) is 11.5 Å². The molecule has 33 heavy (non-hydrogen) atoms. The van der Waals surface area contributed by atoms with Gasteiger partial charge < -0.3 is 14.2 Å². The van der Waals surface area contributed by atoms with Crippen LogP contribution in [0.1, 0.15) is 16.7 Å². The summed E-state index contributed by atoms with van der Waals surface area (Å²) in [5.41, 5.74) is 2.25. The Balaban J connectivity index is 1.60. The van der Waals surface area contributed by atoms with Gasteiger partial charge in [0.1, 0.15) is 6.61 Å². The first-order valence-corrected chi connectivity index (χ1v) is 11.8. The van der Waals surface area contributed by atoms with Crippen molar-refractivity contribution >= 4 is 75.3 Å². The van der Waals surface area contributed by atoms with Gasteiger partial charge in [0.2, 0.25) is 5.90 Å². The van der Waals surface area contributed by atoms with Gasteiger partial charge in [-0.05, 0) is 82.3 Å². The third-order valence-electron chi connectivity index (χ3n) is 4.61. The summed E-state index contributed by atoms with van der Waals surface area (Å²) in [6.45, 7) is 0.329. The number of hydrogen-bond acceptors (Lipinski definition) is 5. The molecule has 0 radical (unpaired) electrons. The van der Waals surface area contributed by atoms with Crippen LogP contribution < -0.4 is 9.47 Å². The van der Waals surface area contributed by atoms with E-state index in [1.807, 2.05) is 24.3 Å². The number of carbonyl (C=O) groups excluding carboxylic acids is 1. The Morgan fingerprint density at radius 2 is 1.85 bits per heavy atom. The van der Waals surface area contributed by atoms with Crippen LogP contribution in [0.2, 0.25) is 15.1 Å². The smallest absolute Gasteiger partial charge is 0.363 e. The van der Waals surface area contributed by atoms with Crippen LogP contribution in [0.3, 0.4) is 0 Å². The largest absolute Gasteiger partial charge is 0.493 e. The lowest BCUT2D eigenvalue weighted by Gasteiger charge is -2.14. The molecule has 0 spiro atoms. The van der Waals surface area contributed by atoms with E-state index in [1.165, 1.54) is 0 Å². The van der Waals surface area contributed by atoms with Gasteiger partial charge in [-0.3, -0.25) is 0 Å². The molecular formula is C24H15Cl3INO4. The van der Waals surface area contributed by atoms with E-state index in [4.69, 9.17) is 49.0 Å². The van der Waals surface area contributed by atoms with E-state index >= 15 is 0 Å². The summed E-state index contributed by atoms with van der Waals surface area (Å²) in [5, 5.41) is 1.46. The summed E-state index contributed by atoms with van der Waals surface area (Å²) in [7, 11) is 1.55. The van der Waals surface area contributed by atoms with Crippen molar-refractivity contribution in [1.29, 1.82) is 0 Å². The minimum Gasteiger partial charge on any atom is -0.493 e. The Morgan fingerprint density at radius 3 is 2.58 bits per heavy atom. The Kier molecular flexibility index (Phi) is 7.48. The van der Waals surface area contributed by atoms with Crippen molar-refractivity contribution in [2.24, 2.45) is 4.99 Å². The molecule has 4 rings (SSSR count). The van der Waals surface area contributed by atoms with E-state index in [0.29, 0.717) is 44.3 Å². The number of methoxy groups -OCH3 is 1. The molecule has 0 saturated heterocycles. The van der Waals surface area contributed by atoms with Crippen LogP contribution in [0.4, 0.5) is 0 Å². The standard InChI is InChI=1S/C24H15Cl3INO4/c1-31-21-10-14(8-19(28)22(21)32-12-13-3-2-4-15(25)7-13)9-20-24(30)33-23(29-20)17-6-5-16(26)11-18(17)27/h2-11H,12H2,1H3/b20-9-. The first-order valence-electron chi connectivity index (χ1n) is 9.57. The molecule has 1 heterocycles. The van der Waals surface area contributed by atoms with Gasteiger partial charge in [0.05, 0.1) is 21.3 Å². The van der Waals surface area contributed by atoms with E-state index < -0.39 is 5.97 Å². The summed E-state index contributed by atoms with van der Waals surface area (Å²) in [6, 6.07) is 15.9. The first kappa shape index (κ1) is 23.9. The molecule has 168 valence electrons. The molecule has 1 aliphatic heterocycles. The molecule has 9 heteroatoms. The minimum atomic E-state index is -0.578. The molecule has 0 atom stereocenters. The van der Waals surface area contributed by atoms with E-state index in [1.54, 1.807) is 43.5 Å². The molecule has 0 aliphatic carbocycles. The number of cyclic esters (lactones) is 1. The van der Waals surface area contributed by atoms with Crippen LogP contribution in [-0.4, -0.2) is 19.0 Å². The summed E-state index contributed by atoms with van der Waals surface area (Å²) < 4.78 is 17.6. The maximum atomic E-state index is 12.4. The van der Waals surface area contributed by atoms with Crippen LogP contribution >= 0.6 is 57.4 Å². The fraction of sp³-hybridized carbons (Fsp3) is 0.0833. The van der Waals surface area contributed by atoms with Gasteiger partial charge >= 0.3 is 5.97 Å². The molecule has 1 aliphatic rings. The van der Waals surface area contributed by atoms with Crippen molar-refractivity contribution in [2.75, 3.05) is 7.11 Å². The number of halogens is 4. The number of esters is 1. The summed E-state index contributed by atoms with van der Waals surface area (Å²) in [6.07, 6.45) is 1.62. The monoisotopic (exact) mass is 613 g/mol. The van der Waals surface area contributed by atoms with E-state index in [2.05, 4.69) is 27.6 Å². The van der Waals surface area contributed by atoms with Crippen molar-refractivity contribution in [3.05, 3.63) is 95.6 Å². The van der Waals surface area contributed by atoms with Crippen LogP contribution in [-0.2, 0) is 16.1 Å². The fourth-order valence-electron chi connectivity index (χ4n) is 3.09. The molecule has 3 aromatic rings. The zero-order chi connectivity index (χ0) is 23.5. The molecule has 0 bridgehead atoms. The second-order valence-electron chi connectivity index (χ2n) is 6.91. The lowest BCUT2D eigenvalue weighted by atomic mass is 10.1. The van der Waals surface area contributed by atoms with Crippen LogP contribution in [0.25, 0.3) is 6.08 Å². The quantitative estimate of drug-likeness (QED) is 0.168. The highest BCUT2D eigenvalue weighted by Gasteiger charge is 2.26. The number of carbonyl (C=O) groups is 1. The Labute approximate surface area is 219 Å². The van der Waals surface area contributed by atoms with Crippen molar-refractivity contribution < 1.29 is 19.0 Å². The van der Waals surface area contributed by atoms with E-state index in [0.717, 1.165) is 9.13 Å². The molecule has 5 nitrogen and oxygen atoms in total. The maximum absolute atomic E-state index is 12.4. The number of aliphatic imine (C=N–C) groups is 1. The van der Waals surface area contributed by atoms with Gasteiger partial charge in [-0.1, -0.05) is 46.9 Å². The molecular weight excluding hydrogens is 600 g/mol. The predicted octanol–water partition coefficient (Wildman–Crippen LogP) is 7.18. The fourth-order valence-corrected chi connectivity index (χ4v) is 4.57. The highest BCUT2D eigenvalue weighted by Crippen LogP contribution is 2.36. The van der Waals surface area contributed by atoms with Crippen molar-refractivity contribution in [3.63, 3.8) is 0 Å². The number of ether oxygens (including phenoxy) is 3. The second kappa shape index (κ2) is 10.3. The van der Waals surface area contributed by atoms with Crippen LogP contribution in [0, 0.1) is 3.57 Å². The molecule has 0 amide bonds. The third-order valence-corrected chi connectivity index (χ3v) is 6.19. The van der Waals surface area contributed by atoms with Crippen molar-refractivity contribution in [3.8, 4) is 11.5 Å².